The zero-order valence-corrected chi connectivity index (χ0v) is 16.9. The number of carbonyl (C=O) groups is 1. The Morgan fingerprint density at radius 2 is 2.12 bits per heavy atom. The second kappa shape index (κ2) is 7.94. The van der Waals surface area contributed by atoms with Crippen molar-refractivity contribution in [1.82, 2.24) is 19.7 Å². The maximum Gasteiger partial charge on any atom is 0.233 e. The van der Waals surface area contributed by atoms with Gasteiger partial charge in [0.2, 0.25) is 5.91 Å². The summed E-state index contributed by atoms with van der Waals surface area (Å²) in [6, 6.07) is 8.51. The number of carbonyl (C=O) groups excluding carboxylic acids is 1. The third-order valence-corrected chi connectivity index (χ3v) is 7.34. The fourth-order valence-electron chi connectivity index (χ4n) is 3.32. The van der Waals surface area contributed by atoms with Crippen LogP contribution in [0.4, 0.5) is 0 Å². The number of thioether (sulfide) groups is 1. The number of nitrogens with zero attached hydrogens (tertiary/aromatic N) is 4. The maximum atomic E-state index is 12.8. The molecular formula is C18H20N4OS3. The molecule has 1 atom stereocenters. The molecule has 3 aromatic heterocycles. The van der Waals surface area contributed by atoms with E-state index < -0.39 is 0 Å². The van der Waals surface area contributed by atoms with Crippen LogP contribution in [0.2, 0.25) is 0 Å². The Morgan fingerprint density at radius 1 is 1.27 bits per heavy atom. The molecule has 3 aromatic rings. The lowest BCUT2D eigenvalue weighted by atomic mass is 10.2. The van der Waals surface area contributed by atoms with E-state index in [1.165, 1.54) is 16.6 Å². The topological polar surface area (TPSA) is 51.0 Å². The average Bonchev–Trinajstić information content (AvgIpc) is 3.45. The molecule has 1 aliphatic rings. The Morgan fingerprint density at radius 3 is 2.85 bits per heavy atom. The summed E-state index contributed by atoms with van der Waals surface area (Å²) in [4.78, 5) is 17.2. The van der Waals surface area contributed by atoms with Gasteiger partial charge in [0.1, 0.15) is 0 Å². The lowest BCUT2D eigenvalue weighted by Gasteiger charge is -2.23. The van der Waals surface area contributed by atoms with Crippen LogP contribution in [0, 0.1) is 0 Å². The Hall–Kier alpha value is -1.64. The highest BCUT2D eigenvalue weighted by atomic mass is 32.2. The van der Waals surface area contributed by atoms with Crippen LogP contribution in [0.1, 0.15) is 30.7 Å². The first-order valence-electron chi connectivity index (χ1n) is 8.70. The van der Waals surface area contributed by atoms with E-state index in [9.17, 15) is 4.79 Å². The molecule has 1 aliphatic heterocycles. The molecule has 136 valence electrons. The summed E-state index contributed by atoms with van der Waals surface area (Å²) in [5.74, 6) is 1.48. The molecular weight excluding hydrogens is 384 g/mol. The van der Waals surface area contributed by atoms with E-state index in [0.29, 0.717) is 5.75 Å². The van der Waals surface area contributed by atoms with Crippen molar-refractivity contribution >= 4 is 40.3 Å². The van der Waals surface area contributed by atoms with Crippen molar-refractivity contribution in [2.45, 2.75) is 37.5 Å². The van der Waals surface area contributed by atoms with E-state index in [0.717, 1.165) is 41.8 Å². The lowest BCUT2D eigenvalue weighted by molar-refractivity contribution is -0.129. The third kappa shape index (κ3) is 3.45. The minimum absolute atomic E-state index is 0.189. The lowest BCUT2D eigenvalue weighted by Crippen LogP contribution is -2.31. The van der Waals surface area contributed by atoms with E-state index >= 15 is 0 Å². The molecule has 0 bridgehead atoms. The number of aromatic nitrogens is 3. The van der Waals surface area contributed by atoms with Gasteiger partial charge in [-0.3, -0.25) is 4.79 Å². The Bertz CT molecular complexity index is 857. The first-order valence-corrected chi connectivity index (χ1v) is 11.4. The van der Waals surface area contributed by atoms with Crippen molar-refractivity contribution in [3.63, 3.8) is 0 Å². The summed E-state index contributed by atoms with van der Waals surface area (Å²) in [6.45, 7) is 3.72. The monoisotopic (exact) mass is 404 g/mol. The van der Waals surface area contributed by atoms with Gasteiger partial charge in [0, 0.05) is 18.0 Å². The normalized spacial score (nSPS) is 17.1. The van der Waals surface area contributed by atoms with Gasteiger partial charge in [0.25, 0.3) is 0 Å². The zero-order valence-electron chi connectivity index (χ0n) is 14.5. The van der Waals surface area contributed by atoms with Crippen LogP contribution in [0.25, 0.3) is 10.7 Å². The molecule has 0 radical (unpaired) electrons. The summed E-state index contributed by atoms with van der Waals surface area (Å²) in [5, 5.41) is 13.6. The predicted octanol–water partition coefficient (Wildman–Crippen LogP) is 4.54. The Balaban J connectivity index is 1.45. The molecule has 0 spiro atoms. The van der Waals surface area contributed by atoms with Gasteiger partial charge in [-0.15, -0.1) is 32.9 Å². The van der Waals surface area contributed by atoms with Crippen LogP contribution in [0.3, 0.4) is 0 Å². The molecule has 1 amide bonds. The Kier molecular flexibility index (Phi) is 5.42. The van der Waals surface area contributed by atoms with Crippen LogP contribution < -0.4 is 0 Å². The highest BCUT2D eigenvalue weighted by Gasteiger charge is 2.30. The molecule has 1 saturated heterocycles. The van der Waals surface area contributed by atoms with Crippen molar-refractivity contribution in [1.29, 1.82) is 0 Å². The third-order valence-electron chi connectivity index (χ3n) is 4.54. The van der Waals surface area contributed by atoms with Gasteiger partial charge in [-0.25, -0.2) is 0 Å². The van der Waals surface area contributed by atoms with Crippen LogP contribution in [0.5, 0.6) is 0 Å². The number of thiophene rings is 2. The quantitative estimate of drug-likeness (QED) is 0.566. The first kappa shape index (κ1) is 17.8. The van der Waals surface area contributed by atoms with Crippen molar-refractivity contribution in [3.05, 3.63) is 39.9 Å². The van der Waals surface area contributed by atoms with Crippen molar-refractivity contribution < 1.29 is 4.79 Å². The van der Waals surface area contributed by atoms with Gasteiger partial charge >= 0.3 is 0 Å². The summed E-state index contributed by atoms with van der Waals surface area (Å²) in [6.07, 6.45) is 2.14. The SMILES string of the molecule is CCn1c(SCC(=O)N2CCCC2c2cccs2)nnc1-c1cccs1. The fraction of sp³-hybridized carbons (Fsp3) is 0.389. The average molecular weight is 405 g/mol. The highest BCUT2D eigenvalue weighted by Crippen LogP contribution is 2.35. The molecule has 1 unspecified atom stereocenters. The molecule has 0 N–H and O–H groups in total. The number of rotatable bonds is 6. The highest BCUT2D eigenvalue weighted by molar-refractivity contribution is 7.99. The van der Waals surface area contributed by atoms with E-state index in [2.05, 4.69) is 45.3 Å². The van der Waals surface area contributed by atoms with Gasteiger partial charge in [-0.2, -0.15) is 0 Å². The number of hydrogen-bond acceptors (Lipinski definition) is 6. The second-order valence-corrected chi connectivity index (χ2v) is 8.95. The molecule has 0 aromatic carbocycles. The smallest absolute Gasteiger partial charge is 0.233 e. The molecule has 4 rings (SSSR count). The molecule has 26 heavy (non-hydrogen) atoms. The summed E-state index contributed by atoms with van der Waals surface area (Å²) in [7, 11) is 0. The minimum Gasteiger partial charge on any atom is -0.334 e. The second-order valence-electron chi connectivity index (χ2n) is 6.08. The van der Waals surface area contributed by atoms with Crippen molar-refractivity contribution in [2.24, 2.45) is 0 Å². The maximum absolute atomic E-state index is 12.8. The van der Waals surface area contributed by atoms with E-state index in [-0.39, 0.29) is 11.9 Å². The number of amides is 1. The standard InChI is InChI=1S/C18H20N4OS3/c1-2-21-17(15-8-5-11-25-15)19-20-18(21)26-12-16(23)22-9-3-6-13(22)14-7-4-10-24-14/h4-5,7-8,10-11,13H,2-3,6,9,12H2,1H3. The van der Waals surface area contributed by atoms with E-state index in [4.69, 9.17) is 0 Å². The van der Waals surface area contributed by atoms with Gasteiger partial charge in [-0.1, -0.05) is 23.9 Å². The number of hydrogen-bond donors (Lipinski definition) is 0. The van der Waals surface area contributed by atoms with Crippen LogP contribution in [-0.4, -0.2) is 37.9 Å². The summed E-state index contributed by atoms with van der Waals surface area (Å²) < 4.78 is 2.09. The van der Waals surface area contributed by atoms with Gasteiger partial charge in [-0.05, 0) is 42.7 Å². The minimum atomic E-state index is 0.189. The van der Waals surface area contributed by atoms with Crippen molar-refractivity contribution in [2.75, 3.05) is 12.3 Å². The number of likely N-dealkylation sites (tertiary alicyclic amines) is 1. The van der Waals surface area contributed by atoms with E-state index in [1.54, 1.807) is 22.7 Å². The first-order chi connectivity index (χ1) is 12.8. The van der Waals surface area contributed by atoms with Crippen LogP contribution in [-0.2, 0) is 11.3 Å². The summed E-state index contributed by atoms with van der Waals surface area (Å²) in [5.41, 5.74) is 0. The molecule has 4 heterocycles. The predicted molar refractivity (Wildman–Crippen MR) is 108 cm³/mol. The zero-order chi connectivity index (χ0) is 17.9. The van der Waals surface area contributed by atoms with Gasteiger partial charge < -0.3 is 9.47 Å². The van der Waals surface area contributed by atoms with Gasteiger partial charge in [0.05, 0.1) is 16.7 Å². The fourth-order valence-corrected chi connectivity index (χ4v) is 5.80. The molecule has 5 nitrogen and oxygen atoms in total. The summed E-state index contributed by atoms with van der Waals surface area (Å²) >= 11 is 4.88. The van der Waals surface area contributed by atoms with Crippen LogP contribution >= 0.6 is 34.4 Å². The Labute approximate surface area is 165 Å². The van der Waals surface area contributed by atoms with Crippen LogP contribution in [0.15, 0.2) is 40.2 Å². The molecule has 8 heteroatoms. The molecule has 1 fully saturated rings. The molecule has 0 aliphatic carbocycles. The van der Waals surface area contributed by atoms with Gasteiger partial charge in [0.15, 0.2) is 11.0 Å². The molecule has 0 saturated carbocycles. The van der Waals surface area contributed by atoms with Crippen molar-refractivity contribution in [3.8, 4) is 10.7 Å². The largest absolute Gasteiger partial charge is 0.334 e. The van der Waals surface area contributed by atoms with E-state index in [1.807, 2.05) is 16.3 Å².